The molecule has 0 bridgehead atoms. The smallest absolute Gasteiger partial charge is 0.306 e. The van der Waals surface area contributed by atoms with Crippen LogP contribution in [0, 0.1) is 0 Å². The Balaban J connectivity index is 4.43. The molecular formula is C66H114O6. The third-order valence-electron chi connectivity index (χ3n) is 13.1. The lowest BCUT2D eigenvalue weighted by Crippen LogP contribution is -2.30. The summed E-state index contributed by atoms with van der Waals surface area (Å²) < 4.78 is 16.9. The minimum absolute atomic E-state index is 0.0895. The van der Waals surface area contributed by atoms with E-state index in [2.05, 4.69) is 106 Å². The van der Waals surface area contributed by atoms with Gasteiger partial charge in [0.15, 0.2) is 6.10 Å². The van der Waals surface area contributed by atoms with Crippen LogP contribution in [0.1, 0.15) is 297 Å². The number of unbranched alkanes of at least 4 members (excludes halogenated alkanes) is 30. The fraction of sp³-hybridized carbons (Fsp3) is 0.742. The molecule has 72 heavy (non-hydrogen) atoms. The zero-order valence-electron chi connectivity index (χ0n) is 47.4. The van der Waals surface area contributed by atoms with Gasteiger partial charge in [-0.25, -0.2) is 0 Å². The van der Waals surface area contributed by atoms with E-state index in [0.717, 1.165) is 116 Å². The minimum Gasteiger partial charge on any atom is -0.462 e. The van der Waals surface area contributed by atoms with E-state index in [1.807, 2.05) is 0 Å². The second-order valence-electron chi connectivity index (χ2n) is 20.2. The van der Waals surface area contributed by atoms with Crippen LogP contribution in [-0.4, -0.2) is 37.2 Å². The molecule has 0 radical (unpaired) electrons. The van der Waals surface area contributed by atoms with Gasteiger partial charge in [-0.2, -0.15) is 0 Å². The zero-order valence-corrected chi connectivity index (χ0v) is 47.4. The summed E-state index contributed by atoms with van der Waals surface area (Å²) in [6.07, 6.45) is 78.6. The first-order chi connectivity index (χ1) is 35.5. The van der Waals surface area contributed by atoms with Crippen LogP contribution in [0.15, 0.2) is 85.1 Å². The monoisotopic (exact) mass is 1000 g/mol. The van der Waals surface area contributed by atoms with Gasteiger partial charge in [0.2, 0.25) is 0 Å². The Labute approximate surface area is 445 Å². The van der Waals surface area contributed by atoms with Crippen molar-refractivity contribution >= 4 is 17.9 Å². The van der Waals surface area contributed by atoms with Gasteiger partial charge in [-0.05, 0) is 96.3 Å². The van der Waals surface area contributed by atoms with Crippen LogP contribution in [0.3, 0.4) is 0 Å². The van der Waals surface area contributed by atoms with E-state index in [0.29, 0.717) is 19.3 Å². The van der Waals surface area contributed by atoms with Crippen LogP contribution in [0.25, 0.3) is 0 Å². The van der Waals surface area contributed by atoms with E-state index >= 15 is 0 Å². The first-order valence-electron chi connectivity index (χ1n) is 30.6. The Morgan fingerprint density at radius 2 is 0.542 bits per heavy atom. The van der Waals surface area contributed by atoms with Gasteiger partial charge in [0, 0.05) is 19.3 Å². The number of rotatable bonds is 55. The number of carbonyl (C=O) groups is 3. The third kappa shape index (κ3) is 57.5. The average Bonchev–Trinajstić information content (AvgIpc) is 3.38. The summed E-state index contributed by atoms with van der Waals surface area (Å²) >= 11 is 0. The summed E-state index contributed by atoms with van der Waals surface area (Å²) in [7, 11) is 0. The molecule has 0 N–H and O–H groups in total. The maximum absolute atomic E-state index is 12.9. The largest absolute Gasteiger partial charge is 0.462 e. The van der Waals surface area contributed by atoms with Crippen molar-refractivity contribution in [2.24, 2.45) is 0 Å². The standard InChI is InChI=1S/C66H114O6/c1-4-7-10-13-16-19-22-25-28-31-33-36-38-41-44-47-50-53-56-59-65(68)71-62-63(61-70-64(67)58-55-52-49-46-43-40-37-34-30-27-24-21-18-15-12-9-6-3)72-66(69)60-57-54-51-48-45-42-39-35-32-29-26-23-20-17-14-11-8-5-2/h9,12,16,18-19,21,25,27-28,30,33,36-37,40,63H,4-8,10-11,13-15,17,20,22-24,26,29,31-32,34-35,38-39,41-62H2,1-3H3/b12-9-,19-16-,21-18-,28-25-,30-27-,36-33-,40-37-. The molecule has 0 rings (SSSR count). The molecule has 0 heterocycles. The summed E-state index contributed by atoms with van der Waals surface area (Å²) in [6, 6.07) is 0. The summed E-state index contributed by atoms with van der Waals surface area (Å²) in [4.78, 5) is 38.3. The van der Waals surface area contributed by atoms with E-state index in [1.54, 1.807) is 0 Å². The Bertz CT molecular complexity index is 1380. The molecule has 0 amide bonds. The molecule has 0 saturated heterocycles. The van der Waals surface area contributed by atoms with Crippen LogP contribution in [-0.2, 0) is 28.6 Å². The van der Waals surface area contributed by atoms with Crippen molar-refractivity contribution in [2.75, 3.05) is 13.2 Å². The molecule has 1 atom stereocenters. The van der Waals surface area contributed by atoms with E-state index in [4.69, 9.17) is 14.2 Å². The summed E-state index contributed by atoms with van der Waals surface area (Å²) in [6.45, 7) is 6.50. The predicted octanol–water partition coefficient (Wildman–Crippen LogP) is 20.7. The van der Waals surface area contributed by atoms with Gasteiger partial charge < -0.3 is 14.2 Å². The van der Waals surface area contributed by atoms with Crippen LogP contribution in [0.5, 0.6) is 0 Å². The first-order valence-corrected chi connectivity index (χ1v) is 30.6. The highest BCUT2D eigenvalue weighted by Gasteiger charge is 2.19. The normalized spacial score (nSPS) is 12.7. The molecule has 6 heteroatoms. The highest BCUT2D eigenvalue weighted by Crippen LogP contribution is 2.16. The topological polar surface area (TPSA) is 78.9 Å². The molecule has 0 saturated carbocycles. The fourth-order valence-electron chi connectivity index (χ4n) is 8.56. The van der Waals surface area contributed by atoms with Crippen molar-refractivity contribution in [3.05, 3.63) is 85.1 Å². The van der Waals surface area contributed by atoms with Crippen molar-refractivity contribution < 1.29 is 28.6 Å². The van der Waals surface area contributed by atoms with Gasteiger partial charge in [0.05, 0.1) is 0 Å². The van der Waals surface area contributed by atoms with E-state index in [-0.39, 0.29) is 31.1 Å². The van der Waals surface area contributed by atoms with Gasteiger partial charge >= 0.3 is 17.9 Å². The zero-order chi connectivity index (χ0) is 52.2. The Morgan fingerprint density at radius 3 is 0.875 bits per heavy atom. The molecule has 6 nitrogen and oxygen atoms in total. The first kappa shape index (κ1) is 68.6. The molecule has 414 valence electrons. The Morgan fingerprint density at radius 1 is 0.292 bits per heavy atom. The van der Waals surface area contributed by atoms with E-state index in [9.17, 15) is 14.4 Å². The molecule has 0 spiro atoms. The van der Waals surface area contributed by atoms with Gasteiger partial charge in [-0.1, -0.05) is 266 Å². The van der Waals surface area contributed by atoms with Gasteiger partial charge in [-0.3, -0.25) is 14.4 Å². The Hall–Kier alpha value is -3.41. The molecule has 0 aliphatic heterocycles. The minimum atomic E-state index is -0.792. The number of hydrogen-bond donors (Lipinski definition) is 0. The van der Waals surface area contributed by atoms with Crippen molar-refractivity contribution in [3.63, 3.8) is 0 Å². The molecule has 1 unspecified atom stereocenters. The van der Waals surface area contributed by atoms with Gasteiger partial charge in [0.1, 0.15) is 13.2 Å². The number of hydrogen-bond acceptors (Lipinski definition) is 6. The molecule has 0 aromatic rings. The number of carbonyl (C=O) groups excluding carboxylic acids is 3. The summed E-state index contributed by atoms with van der Waals surface area (Å²) in [5.41, 5.74) is 0. The van der Waals surface area contributed by atoms with Gasteiger partial charge in [0.25, 0.3) is 0 Å². The maximum atomic E-state index is 12.9. The second kappa shape index (κ2) is 60.1. The lowest BCUT2D eigenvalue weighted by Gasteiger charge is -2.18. The van der Waals surface area contributed by atoms with Crippen molar-refractivity contribution in [2.45, 2.75) is 303 Å². The summed E-state index contributed by atoms with van der Waals surface area (Å²) in [5, 5.41) is 0. The van der Waals surface area contributed by atoms with Gasteiger partial charge in [-0.15, -0.1) is 0 Å². The molecule has 0 aliphatic rings. The fourth-order valence-corrected chi connectivity index (χ4v) is 8.56. The van der Waals surface area contributed by atoms with Crippen LogP contribution < -0.4 is 0 Å². The molecular weight excluding hydrogens is 889 g/mol. The number of allylic oxidation sites excluding steroid dienone is 14. The number of esters is 3. The second-order valence-corrected chi connectivity index (χ2v) is 20.2. The summed E-state index contributed by atoms with van der Waals surface area (Å²) in [5.74, 6) is -0.913. The maximum Gasteiger partial charge on any atom is 0.306 e. The lowest BCUT2D eigenvalue weighted by molar-refractivity contribution is -0.167. The highest BCUT2D eigenvalue weighted by molar-refractivity contribution is 5.71. The molecule has 0 aromatic carbocycles. The van der Waals surface area contributed by atoms with Crippen LogP contribution in [0.4, 0.5) is 0 Å². The van der Waals surface area contributed by atoms with Crippen molar-refractivity contribution in [3.8, 4) is 0 Å². The third-order valence-corrected chi connectivity index (χ3v) is 13.1. The quantitative estimate of drug-likeness (QED) is 0.0261. The van der Waals surface area contributed by atoms with Crippen molar-refractivity contribution in [1.29, 1.82) is 0 Å². The van der Waals surface area contributed by atoms with E-state index < -0.39 is 6.10 Å². The van der Waals surface area contributed by atoms with E-state index in [1.165, 1.54) is 141 Å². The SMILES string of the molecule is CC/C=C\C/C=C\C/C=C\C/C=C\CCCCCCC(=O)OCC(COC(=O)CCCCCCCC/C=C\C/C=C\C/C=C\CCCCC)OC(=O)CCCCCCCCCCCCCCCCCCCC. The number of ether oxygens (including phenoxy) is 3. The predicted molar refractivity (Wildman–Crippen MR) is 311 cm³/mol. The van der Waals surface area contributed by atoms with Crippen LogP contribution in [0.2, 0.25) is 0 Å². The highest BCUT2D eigenvalue weighted by atomic mass is 16.6. The Kier molecular flexibility index (Phi) is 57.3. The average molecular weight is 1000 g/mol. The van der Waals surface area contributed by atoms with Crippen molar-refractivity contribution in [1.82, 2.24) is 0 Å². The molecule has 0 fully saturated rings. The molecule has 0 aliphatic carbocycles. The van der Waals surface area contributed by atoms with Crippen LogP contribution >= 0.6 is 0 Å². The molecule has 0 aromatic heterocycles. The lowest BCUT2D eigenvalue weighted by atomic mass is 10.0.